The molecule has 3 aromatic carbocycles. The number of nitrogens with zero attached hydrogens (tertiary/aromatic N) is 2. The third-order valence-electron chi connectivity index (χ3n) is 4.88. The molecule has 0 fully saturated rings. The maximum Gasteiger partial charge on any atom is 0.274 e. The molecule has 2 N–H and O–H groups in total. The number of imidazole rings is 1. The van der Waals surface area contributed by atoms with E-state index in [1.54, 1.807) is 24.3 Å². The maximum absolute atomic E-state index is 12.8. The third kappa shape index (κ3) is 4.74. The van der Waals surface area contributed by atoms with Crippen LogP contribution in [0.25, 0.3) is 22.4 Å². The zero-order valence-electron chi connectivity index (χ0n) is 17.0. The van der Waals surface area contributed by atoms with Crippen molar-refractivity contribution in [3.63, 3.8) is 0 Å². The molecule has 0 saturated heterocycles. The van der Waals surface area contributed by atoms with E-state index in [9.17, 15) is 4.79 Å². The molecule has 33 heavy (non-hydrogen) atoms. The molecule has 0 spiro atoms. The van der Waals surface area contributed by atoms with Crippen LogP contribution in [0.3, 0.4) is 0 Å². The standard InChI is InChI=1S/C25H16BrClN4O2/c26-16-7-10-20-23(13-16)30-24(29-20)15-6-9-19(27)22(12-15)31-25(32)21-11-8-18(14-28-21)33-17-4-2-1-3-5-17/h1-14H,(H,29,30)(H,31,32). The Kier molecular flexibility index (Phi) is 5.81. The summed E-state index contributed by atoms with van der Waals surface area (Å²) >= 11 is 9.80. The highest BCUT2D eigenvalue weighted by atomic mass is 79.9. The molecule has 0 atom stereocenters. The van der Waals surface area contributed by atoms with Crippen LogP contribution in [0.5, 0.6) is 11.5 Å². The molecule has 8 heteroatoms. The first-order valence-corrected chi connectivity index (χ1v) is 11.2. The molecule has 0 aliphatic heterocycles. The second-order valence-corrected chi connectivity index (χ2v) is 8.51. The van der Waals surface area contributed by atoms with E-state index in [1.807, 2.05) is 54.6 Å². The van der Waals surface area contributed by atoms with Crippen molar-refractivity contribution in [3.05, 3.63) is 100 Å². The number of carbonyl (C=O) groups is 1. The second-order valence-electron chi connectivity index (χ2n) is 7.19. The largest absolute Gasteiger partial charge is 0.456 e. The van der Waals surface area contributed by atoms with Crippen LogP contribution in [0.4, 0.5) is 5.69 Å². The number of nitrogens with one attached hydrogen (secondary N) is 2. The molecular formula is C25H16BrClN4O2. The number of pyridine rings is 1. The summed E-state index contributed by atoms with van der Waals surface area (Å²) in [6.45, 7) is 0. The van der Waals surface area contributed by atoms with Crippen molar-refractivity contribution in [1.82, 2.24) is 15.0 Å². The Morgan fingerprint density at radius 2 is 1.82 bits per heavy atom. The van der Waals surface area contributed by atoms with E-state index in [1.165, 1.54) is 6.20 Å². The highest BCUT2D eigenvalue weighted by molar-refractivity contribution is 9.10. The molecular weight excluding hydrogens is 504 g/mol. The topological polar surface area (TPSA) is 79.9 Å². The minimum Gasteiger partial charge on any atom is -0.456 e. The highest BCUT2D eigenvalue weighted by Gasteiger charge is 2.13. The fraction of sp³-hybridized carbons (Fsp3) is 0. The molecule has 162 valence electrons. The summed E-state index contributed by atoms with van der Waals surface area (Å²) in [5.74, 6) is 1.52. The van der Waals surface area contributed by atoms with Crippen LogP contribution in [0.15, 0.2) is 89.5 Å². The molecule has 0 unspecified atom stereocenters. The summed E-state index contributed by atoms with van der Waals surface area (Å²) in [6.07, 6.45) is 1.51. The Morgan fingerprint density at radius 1 is 0.970 bits per heavy atom. The van der Waals surface area contributed by atoms with E-state index in [2.05, 4.69) is 36.2 Å². The van der Waals surface area contributed by atoms with E-state index in [0.717, 1.165) is 21.1 Å². The summed E-state index contributed by atoms with van der Waals surface area (Å²) < 4.78 is 6.68. The van der Waals surface area contributed by atoms with Gasteiger partial charge in [0.1, 0.15) is 23.0 Å². The average molecular weight is 520 g/mol. The molecule has 0 saturated carbocycles. The highest BCUT2D eigenvalue weighted by Crippen LogP contribution is 2.30. The van der Waals surface area contributed by atoms with Gasteiger partial charge in [0.25, 0.3) is 5.91 Å². The summed E-state index contributed by atoms with van der Waals surface area (Å²) in [5, 5.41) is 3.24. The maximum atomic E-state index is 12.8. The number of aromatic amines is 1. The number of fused-ring (bicyclic) bond motifs is 1. The molecule has 2 heterocycles. The summed E-state index contributed by atoms with van der Waals surface area (Å²) in [5.41, 5.74) is 3.25. The number of benzene rings is 3. The number of aromatic nitrogens is 3. The average Bonchev–Trinajstić information content (AvgIpc) is 3.25. The van der Waals surface area contributed by atoms with Crippen molar-refractivity contribution in [3.8, 4) is 22.9 Å². The third-order valence-corrected chi connectivity index (χ3v) is 5.70. The first-order valence-electron chi connectivity index (χ1n) is 10.0. The van der Waals surface area contributed by atoms with E-state index in [4.69, 9.17) is 16.3 Å². The number of carbonyl (C=O) groups excluding carboxylic acids is 1. The van der Waals surface area contributed by atoms with Crippen LogP contribution >= 0.6 is 27.5 Å². The van der Waals surface area contributed by atoms with Crippen molar-refractivity contribution < 1.29 is 9.53 Å². The fourth-order valence-corrected chi connectivity index (χ4v) is 3.80. The molecule has 0 bridgehead atoms. The van der Waals surface area contributed by atoms with Gasteiger partial charge in [0, 0.05) is 10.0 Å². The molecule has 0 aliphatic rings. The van der Waals surface area contributed by atoms with Crippen LogP contribution in [-0.4, -0.2) is 20.9 Å². The zero-order chi connectivity index (χ0) is 22.8. The van der Waals surface area contributed by atoms with Crippen LogP contribution in [0, 0.1) is 0 Å². The van der Waals surface area contributed by atoms with Crippen molar-refractivity contribution in [2.24, 2.45) is 0 Å². The summed E-state index contributed by atoms with van der Waals surface area (Å²) in [4.78, 5) is 24.9. The smallest absolute Gasteiger partial charge is 0.274 e. The minimum atomic E-state index is -0.381. The number of H-pyrrole nitrogens is 1. The first kappa shape index (κ1) is 21.2. The minimum absolute atomic E-state index is 0.241. The van der Waals surface area contributed by atoms with Gasteiger partial charge >= 0.3 is 0 Å². The second kappa shape index (κ2) is 9.05. The normalized spacial score (nSPS) is 10.8. The van der Waals surface area contributed by atoms with Gasteiger partial charge in [-0.25, -0.2) is 9.97 Å². The van der Waals surface area contributed by atoms with E-state index in [-0.39, 0.29) is 11.6 Å². The van der Waals surface area contributed by atoms with Gasteiger partial charge in [0.2, 0.25) is 0 Å². The first-order chi connectivity index (χ1) is 16.0. The van der Waals surface area contributed by atoms with E-state index in [0.29, 0.717) is 28.0 Å². The van der Waals surface area contributed by atoms with Crippen LogP contribution in [0.1, 0.15) is 10.5 Å². The van der Waals surface area contributed by atoms with Gasteiger partial charge in [-0.05, 0) is 60.7 Å². The molecule has 1 amide bonds. The fourth-order valence-electron chi connectivity index (χ4n) is 3.27. The summed E-state index contributed by atoms with van der Waals surface area (Å²) in [6, 6.07) is 23.8. The van der Waals surface area contributed by atoms with Crippen LogP contribution in [0.2, 0.25) is 5.02 Å². The lowest BCUT2D eigenvalue weighted by Crippen LogP contribution is -2.13. The lowest BCUT2D eigenvalue weighted by molar-refractivity contribution is 0.102. The lowest BCUT2D eigenvalue weighted by Gasteiger charge is -2.09. The Balaban J connectivity index is 1.34. The number of rotatable bonds is 5. The molecule has 5 aromatic rings. The molecule has 0 radical (unpaired) electrons. The number of amides is 1. The predicted octanol–water partition coefficient (Wildman–Crippen LogP) is 7.09. The Hall–Kier alpha value is -3.68. The van der Waals surface area contributed by atoms with Crippen LogP contribution < -0.4 is 10.1 Å². The molecule has 6 nitrogen and oxygen atoms in total. The number of para-hydroxylation sites is 1. The number of hydrogen-bond donors (Lipinski definition) is 2. The zero-order valence-corrected chi connectivity index (χ0v) is 19.4. The van der Waals surface area contributed by atoms with Crippen LogP contribution in [-0.2, 0) is 0 Å². The van der Waals surface area contributed by atoms with Gasteiger partial charge in [-0.15, -0.1) is 0 Å². The van der Waals surface area contributed by atoms with Gasteiger partial charge in [0.05, 0.1) is 27.9 Å². The summed E-state index contributed by atoms with van der Waals surface area (Å²) in [7, 11) is 0. The number of hydrogen-bond acceptors (Lipinski definition) is 4. The van der Waals surface area contributed by atoms with E-state index >= 15 is 0 Å². The SMILES string of the molecule is O=C(Nc1cc(-c2nc3ccc(Br)cc3[nH]2)ccc1Cl)c1ccc(Oc2ccccc2)cn1. The monoisotopic (exact) mass is 518 g/mol. The lowest BCUT2D eigenvalue weighted by atomic mass is 10.2. The van der Waals surface area contributed by atoms with Gasteiger partial charge < -0.3 is 15.0 Å². The van der Waals surface area contributed by atoms with Gasteiger partial charge in [-0.3, -0.25) is 4.79 Å². The van der Waals surface area contributed by atoms with Gasteiger partial charge in [-0.2, -0.15) is 0 Å². The van der Waals surface area contributed by atoms with Crippen molar-refractivity contribution in [1.29, 1.82) is 0 Å². The Bertz CT molecular complexity index is 1450. The Labute approximate surface area is 202 Å². The Morgan fingerprint density at radius 3 is 2.61 bits per heavy atom. The quantitative estimate of drug-likeness (QED) is 0.260. The molecule has 0 aliphatic carbocycles. The predicted molar refractivity (Wildman–Crippen MR) is 133 cm³/mol. The van der Waals surface area contributed by atoms with Crippen molar-refractivity contribution >= 4 is 50.2 Å². The number of halogens is 2. The van der Waals surface area contributed by atoms with E-state index < -0.39 is 0 Å². The number of anilines is 1. The van der Waals surface area contributed by atoms with Crippen molar-refractivity contribution in [2.45, 2.75) is 0 Å². The van der Waals surface area contributed by atoms with Gasteiger partial charge in [-0.1, -0.05) is 45.7 Å². The van der Waals surface area contributed by atoms with Crippen molar-refractivity contribution in [2.75, 3.05) is 5.32 Å². The molecule has 5 rings (SSSR count). The number of ether oxygens (including phenoxy) is 1. The van der Waals surface area contributed by atoms with Gasteiger partial charge in [0.15, 0.2) is 0 Å². The molecule has 2 aromatic heterocycles.